The lowest BCUT2D eigenvalue weighted by Crippen LogP contribution is -2.50. The van der Waals surface area contributed by atoms with E-state index in [1.54, 1.807) is 0 Å². The summed E-state index contributed by atoms with van der Waals surface area (Å²) in [6.07, 6.45) is 2.56. The zero-order valence-electron chi connectivity index (χ0n) is 9.21. The molecule has 1 saturated heterocycles. The van der Waals surface area contributed by atoms with Crippen LogP contribution in [0.3, 0.4) is 0 Å². The number of hydrogen-bond donors (Lipinski definition) is 0. The maximum absolute atomic E-state index is 4.04. The Morgan fingerprint density at radius 2 is 2.15 bits per heavy atom. The maximum atomic E-state index is 4.04. The van der Waals surface area contributed by atoms with Gasteiger partial charge in [-0.3, -0.25) is 0 Å². The summed E-state index contributed by atoms with van der Waals surface area (Å²) in [7, 11) is 2.21. The number of rotatable bonds is 3. The minimum absolute atomic E-state index is 0.696. The molecule has 0 aromatic carbocycles. The molecule has 1 fully saturated rings. The Bertz CT molecular complexity index is 177. The Morgan fingerprint density at radius 3 is 2.69 bits per heavy atom. The molecule has 2 nitrogen and oxygen atoms in total. The zero-order valence-corrected chi connectivity index (χ0v) is 9.21. The van der Waals surface area contributed by atoms with Gasteiger partial charge in [0, 0.05) is 31.4 Å². The van der Waals surface area contributed by atoms with Crippen LogP contribution in [0.2, 0.25) is 0 Å². The van der Waals surface area contributed by atoms with Crippen molar-refractivity contribution in [2.75, 3.05) is 26.7 Å². The van der Waals surface area contributed by atoms with Crippen LogP contribution in [0, 0.1) is 0 Å². The summed E-state index contributed by atoms with van der Waals surface area (Å²) >= 11 is 0. The van der Waals surface area contributed by atoms with Crippen LogP contribution in [0.1, 0.15) is 26.7 Å². The highest BCUT2D eigenvalue weighted by Gasteiger charge is 2.23. The molecule has 13 heavy (non-hydrogen) atoms. The average Bonchev–Trinajstić information content (AvgIpc) is 2.04. The predicted molar refractivity (Wildman–Crippen MR) is 57.7 cm³/mol. The smallest absolute Gasteiger partial charge is 0.0414 e. The van der Waals surface area contributed by atoms with Crippen LogP contribution in [0.15, 0.2) is 12.3 Å². The molecule has 2 heteroatoms. The van der Waals surface area contributed by atoms with Crippen LogP contribution in [0.25, 0.3) is 0 Å². The van der Waals surface area contributed by atoms with Gasteiger partial charge in [-0.25, -0.2) is 0 Å². The Kier molecular flexibility index (Phi) is 3.79. The van der Waals surface area contributed by atoms with E-state index in [1.165, 1.54) is 31.6 Å². The van der Waals surface area contributed by atoms with E-state index in [0.29, 0.717) is 6.04 Å². The van der Waals surface area contributed by atoms with Crippen LogP contribution in [-0.4, -0.2) is 42.5 Å². The molecular formula is C11H22N2. The van der Waals surface area contributed by atoms with Gasteiger partial charge in [0.2, 0.25) is 0 Å². The lowest BCUT2D eigenvalue weighted by atomic mass is 10.1. The Hall–Kier alpha value is -0.500. The van der Waals surface area contributed by atoms with E-state index in [9.17, 15) is 0 Å². The van der Waals surface area contributed by atoms with E-state index in [2.05, 4.69) is 37.3 Å². The first-order valence-corrected chi connectivity index (χ1v) is 5.25. The molecule has 0 aliphatic carbocycles. The number of allylic oxidation sites excluding steroid dienone is 1. The fourth-order valence-corrected chi connectivity index (χ4v) is 2.09. The second kappa shape index (κ2) is 4.66. The third kappa shape index (κ3) is 2.73. The molecule has 0 amide bonds. The molecule has 0 radical (unpaired) electrons. The van der Waals surface area contributed by atoms with Crippen LogP contribution >= 0.6 is 0 Å². The van der Waals surface area contributed by atoms with Crippen molar-refractivity contribution in [3.05, 3.63) is 12.3 Å². The van der Waals surface area contributed by atoms with E-state index >= 15 is 0 Å². The lowest BCUT2D eigenvalue weighted by molar-refractivity contribution is 0.115. The first-order valence-electron chi connectivity index (χ1n) is 5.25. The van der Waals surface area contributed by atoms with Crippen molar-refractivity contribution >= 4 is 0 Å². The fraction of sp³-hybridized carbons (Fsp3) is 0.818. The van der Waals surface area contributed by atoms with Gasteiger partial charge < -0.3 is 9.80 Å². The van der Waals surface area contributed by atoms with Crippen molar-refractivity contribution in [2.45, 2.75) is 32.7 Å². The van der Waals surface area contributed by atoms with Crippen LogP contribution in [0.5, 0.6) is 0 Å². The summed E-state index contributed by atoms with van der Waals surface area (Å²) < 4.78 is 0. The minimum atomic E-state index is 0.696. The van der Waals surface area contributed by atoms with Gasteiger partial charge in [0.15, 0.2) is 0 Å². The Balaban J connectivity index is 2.55. The third-order valence-corrected chi connectivity index (χ3v) is 2.80. The molecule has 0 saturated carbocycles. The topological polar surface area (TPSA) is 6.48 Å². The van der Waals surface area contributed by atoms with Gasteiger partial charge in [0.25, 0.3) is 0 Å². The average molecular weight is 182 g/mol. The van der Waals surface area contributed by atoms with Crippen molar-refractivity contribution in [1.29, 1.82) is 0 Å². The number of nitrogens with zero attached hydrogens (tertiary/aromatic N) is 2. The van der Waals surface area contributed by atoms with E-state index < -0.39 is 0 Å². The number of piperazine rings is 1. The third-order valence-electron chi connectivity index (χ3n) is 2.80. The molecule has 1 aliphatic heterocycles. The first-order chi connectivity index (χ1) is 6.15. The fourth-order valence-electron chi connectivity index (χ4n) is 2.09. The second-order valence-electron chi connectivity index (χ2n) is 4.13. The number of likely N-dealkylation sites (N-methyl/N-ethyl adjacent to an activating group) is 1. The summed E-state index contributed by atoms with van der Waals surface area (Å²) in [5, 5.41) is 0. The summed E-state index contributed by atoms with van der Waals surface area (Å²) in [4.78, 5) is 4.88. The SMILES string of the molecule is C=C(C)N1CCN(C)CC1CCC. The lowest BCUT2D eigenvalue weighted by Gasteiger charge is -2.41. The second-order valence-corrected chi connectivity index (χ2v) is 4.13. The van der Waals surface area contributed by atoms with E-state index in [0.717, 1.165) is 6.54 Å². The minimum Gasteiger partial charge on any atom is -0.370 e. The van der Waals surface area contributed by atoms with Gasteiger partial charge in [-0.15, -0.1) is 0 Å². The molecule has 1 rings (SSSR count). The standard InChI is InChI=1S/C11H22N2/c1-5-6-11-9-12(4)7-8-13(11)10(2)3/h11H,2,5-9H2,1,3-4H3. The van der Waals surface area contributed by atoms with E-state index in [-0.39, 0.29) is 0 Å². The molecule has 0 aromatic rings. The van der Waals surface area contributed by atoms with Gasteiger partial charge in [-0.05, 0) is 20.4 Å². The van der Waals surface area contributed by atoms with Gasteiger partial charge in [-0.1, -0.05) is 19.9 Å². The molecule has 0 aromatic heterocycles. The van der Waals surface area contributed by atoms with Gasteiger partial charge >= 0.3 is 0 Å². The molecule has 76 valence electrons. The summed E-state index contributed by atoms with van der Waals surface area (Å²) in [6.45, 7) is 11.9. The normalized spacial score (nSPS) is 24.8. The van der Waals surface area contributed by atoms with Gasteiger partial charge in [-0.2, -0.15) is 0 Å². The molecule has 0 N–H and O–H groups in total. The predicted octanol–water partition coefficient (Wildman–Crippen LogP) is 1.94. The first kappa shape index (κ1) is 10.6. The molecule has 1 atom stereocenters. The largest absolute Gasteiger partial charge is 0.370 e. The van der Waals surface area contributed by atoms with Gasteiger partial charge in [0.1, 0.15) is 0 Å². The summed E-state index contributed by atoms with van der Waals surface area (Å²) in [6, 6.07) is 0.696. The Morgan fingerprint density at radius 1 is 1.46 bits per heavy atom. The molecule has 1 unspecified atom stereocenters. The van der Waals surface area contributed by atoms with Crippen LogP contribution in [-0.2, 0) is 0 Å². The van der Waals surface area contributed by atoms with Crippen molar-refractivity contribution in [1.82, 2.24) is 9.80 Å². The summed E-state index contributed by atoms with van der Waals surface area (Å²) in [5.41, 5.74) is 1.23. The summed E-state index contributed by atoms with van der Waals surface area (Å²) in [5.74, 6) is 0. The maximum Gasteiger partial charge on any atom is 0.0414 e. The molecule has 1 aliphatic rings. The molecule has 0 spiro atoms. The highest BCUT2D eigenvalue weighted by Crippen LogP contribution is 2.17. The monoisotopic (exact) mass is 182 g/mol. The van der Waals surface area contributed by atoms with E-state index in [1.807, 2.05) is 0 Å². The van der Waals surface area contributed by atoms with Crippen molar-refractivity contribution in [2.24, 2.45) is 0 Å². The zero-order chi connectivity index (χ0) is 9.84. The van der Waals surface area contributed by atoms with Crippen molar-refractivity contribution < 1.29 is 0 Å². The molecule has 0 bridgehead atoms. The van der Waals surface area contributed by atoms with Crippen molar-refractivity contribution in [3.63, 3.8) is 0 Å². The van der Waals surface area contributed by atoms with E-state index in [4.69, 9.17) is 0 Å². The highest BCUT2D eigenvalue weighted by molar-refractivity contribution is 4.96. The van der Waals surface area contributed by atoms with Crippen molar-refractivity contribution in [3.8, 4) is 0 Å². The van der Waals surface area contributed by atoms with Crippen LogP contribution in [0.4, 0.5) is 0 Å². The van der Waals surface area contributed by atoms with Crippen LogP contribution < -0.4 is 0 Å². The Labute approximate surface area is 82.2 Å². The quantitative estimate of drug-likeness (QED) is 0.658. The number of hydrogen-bond acceptors (Lipinski definition) is 2. The molecular weight excluding hydrogens is 160 g/mol. The van der Waals surface area contributed by atoms with Gasteiger partial charge in [0.05, 0.1) is 0 Å². The molecule has 1 heterocycles. The highest BCUT2D eigenvalue weighted by atomic mass is 15.3.